The smallest absolute Gasteiger partial charge is 0.199 e. The molecule has 0 saturated heterocycles. The quantitative estimate of drug-likeness (QED) is 0.738. The van der Waals surface area contributed by atoms with Crippen LogP contribution in [0.4, 0.5) is 0 Å². The summed E-state index contributed by atoms with van der Waals surface area (Å²) >= 11 is 6.02. The maximum absolute atomic E-state index is 12.9. The summed E-state index contributed by atoms with van der Waals surface area (Å²) in [5.41, 5.74) is 1.85. The number of carbonyl (C=O) groups excluding carboxylic acids is 1. The fourth-order valence-corrected chi connectivity index (χ4v) is 2.49. The lowest BCUT2D eigenvalue weighted by Gasteiger charge is -2.11. The first kappa shape index (κ1) is 13.7. The summed E-state index contributed by atoms with van der Waals surface area (Å²) in [5.74, 6) is 1.10. The number of para-hydroxylation sites is 1. The second kappa shape index (κ2) is 5.26. The summed E-state index contributed by atoms with van der Waals surface area (Å²) in [6, 6.07) is 12.6. The molecule has 0 bridgehead atoms. The van der Waals surface area contributed by atoms with Crippen LogP contribution in [0.3, 0.4) is 0 Å². The molecule has 0 amide bonds. The molecule has 1 aliphatic heterocycles. The van der Waals surface area contributed by atoms with Crippen LogP contribution in [0.25, 0.3) is 5.57 Å². The lowest BCUT2D eigenvalue weighted by Crippen LogP contribution is -2.08. The van der Waals surface area contributed by atoms with Crippen LogP contribution in [0.15, 0.2) is 48.7 Å². The van der Waals surface area contributed by atoms with E-state index < -0.39 is 0 Å². The molecule has 3 nitrogen and oxygen atoms in total. The van der Waals surface area contributed by atoms with E-state index in [0.29, 0.717) is 27.7 Å². The average molecular weight is 300 g/mol. The average Bonchev–Trinajstić information content (AvgIpc) is 2.56. The van der Waals surface area contributed by atoms with Crippen LogP contribution < -0.4 is 4.74 Å². The Morgan fingerprint density at radius 2 is 1.76 bits per heavy atom. The van der Waals surface area contributed by atoms with Gasteiger partial charge in [0.05, 0.1) is 5.56 Å². The molecule has 0 spiro atoms. The van der Waals surface area contributed by atoms with Gasteiger partial charge in [0.25, 0.3) is 0 Å². The number of ether oxygens (including phenoxy) is 1. The summed E-state index contributed by atoms with van der Waals surface area (Å²) in [5, 5.41) is 0.515. The molecule has 0 fully saturated rings. The van der Waals surface area contributed by atoms with Gasteiger partial charge in [-0.05, 0) is 24.3 Å². The van der Waals surface area contributed by atoms with Gasteiger partial charge in [-0.2, -0.15) is 0 Å². The fraction of sp³-hybridized carbons (Fsp3) is 0.118. The molecule has 1 heterocycles. The largest absolute Gasteiger partial charge is 0.456 e. The summed E-state index contributed by atoms with van der Waals surface area (Å²) in [6.07, 6.45) is 1.81. The number of carbonyl (C=O) groups is 1. The van der Waals surface area contributed by atoms with E-state index >= 15 is 0 Å². The van der Waals surface area contributed by atoms with E-state index in [0.717, 1.165) is 5.56 Å². The maximum Gasteiger partial charge on any atom is 0.199 e. The van der Waals surface area contributed by atoms with Crippen molar-refractivity contribution in [3.8, 4) is 11.5 Å². The number of rotatable bonds is 1. The third kappa shape index (κ3) is 2.52. The number of hydrogen-bond donors (Lipinski definition) is 0. The van der Waals surface area contributed by atoms with Gasteiger partial charge >= 0.3 is 0 Å². The van der Waals surface area contributed by atoms with Gasteiger partial charge in [0.1, 0.15) is 11.5 Å². The van der Waals surface area contributed by atoms with Crippen molar-refractivity contribution in [2.24, 2.45) is 0 Å². The van der Waals surface area contributed by atoms with Crippen molar-refractivity contribution in [1.82, 2.24) is 4.90 Å². The number of ketones is 1. The molecule has 2 aromatic carbocycles. The fourth-order valence-electron chi connectivity index (χ4n) is 2.32. The minimum Gasteiger partial charge on any atom is -0.456 e. The van der Waals surface area contributed by atoms with E-state index in [1.165, 1.54) is 0 Å². The standard InChI is InChI=1S/C17H14ClNO2/c1-19(2)10-14-12-5-3-4-6-15(12)21-16-8-7-11(18)9-13(16)17(14)20/h3-10H,1-2H3. The first-order chi connectivity index (χ1) is 10.1. The second-order valence-corrected chi connectivity index (χ2v) is 5.51. The molecule has 2 aromatic rings. The third-order valence-corrected chi connectivity index (χ3v) is 3.45. The summed E-state index contributed by atoms with van der Waals surface area (Å²) in [4.78, 5) is 14.7. The number of Topliss-reactive ketones (excluding diaryl/α,β-unsaturated/α-hetero) is 1. The zero-order chi connectivity index (χ0) is 15.0. The van der Waals surface area contributed by atoms with E-state index in [1.54, 1.807) is 24.4 Å². The zero-order valence-corrected chi connectivity index (χ0v) is 12.5. The minimum atomic E-state index is -0.0915. The Balaban J connectivity index is 2.28. The highest BCUT2D eigenvalue weighted by Crippen LogP contribution is 2.39. The summed E-state index contributed by atoms with van der Waals surface area (Å²) in [7, 11) is 3.76. The van der Waals surface area contributed by atoms with Crippen LogP contribution in [0.1, 0.15) is 15.9 Å². The topological polar surface area (TPSA) is 29.5 Å². The zero-order valence-electron chi connectivity index (χ0n) is 11.8. The molecule has 0 aliphatic carbocycles. The Morgan fingerprint density at radius 1 is 1.05 bits per heavy atom. The van der Waals surface area contributed by atoms with Gasteiger partial charge < -0.3 is 9.64 Å². The van der Waals surface area contributed by atoms with E-state index in [1.807, 2.05) is 43.3 Å². The molecule has 0 aromatic heterocycles. The normalized spacial score (nSPS) is 15.0. The first-order valence-corrected chi connectivity index (χ1v) is 6.94. The van der Waals surface area contributed by atoms with Crippen molar-refractivity contribution < 1.29 is 9.53 Å². The number of halogens is 1. The second-order valence-electron chi connectivity index (χ2n) is 5.07. The number of fused-ring (bicyclic) bond motifs is 2. The van der Waals surface area contributed by atoms with Crippen LogP contribution in [0, 0.1) is 0 Å². The van der Waals surface area contributed by atoms with Gasteiger partial charge in [0, 0.05) is 36.5 Å². The Bertz CT molecular complexity index is 750. The molecule has 0 radical (unpaired) electrons. The maximum atomic E-state index is 12.9. The SMILES string of the molecule is CN(C)C=C1C(=O)c2cc(Cl)ccc2Oc2ccccc21. The van der Waals surface area contributed by atoms with Crippen molar-refractivity contribution in [1.29, 1.82) is 0 Å². The molecule has 106 valence electrons. The van der Waals surface area contributed by atoms with Gasteiger partial charge in [-0.1, -0.05) is 29.8 Å². The molecule has 0 saturated carbocycles. The molecular formula is C17H14ClNO2. The number of allylic oxidation sites excluding steroid dienone is 1. The van der Waals surface area contributed by atoms with Gasteiger partial charge in [0.2, 0.25) is 0 Å². The molecule has 0 unspecified atom stereocenters. The van der Waals surface area contributed by atoms with Gasteiger partial charge in [0.15, 0.2) is 5.78 Å². The van der Waals surface area contributed by atoms with Crippen molar-refractivity contribution >= 4 is 23.0 Å². The number of nitrogens with zero attached hydrogens (tertiary/aromatic N) is 1. The van der Waals surface area contributed by atoms with Gasteiger partial charge in [-0.15, -0.1) is 0 Å². The van der Waals surface area contributed by atoms with Crippen LogP contribution in [-0.4, -0.2) is 24.8 Å². The van der Waals surface area contributed by atoms with Crippen LogP contribution in [0.2, 0.25) is 5.02 Å². The molecular weight excluding hydrogens is 286 g/mol. The summed E-state index contributed by atoms with van der Waals surface area (Å²) < 4.78 is 5.90. The lowest BCUT2D eigenvalue weighted by atomic mass is 9.97. The molecule has 4 heteroatoms. The Morgan fingerprint density at radius 3 is 2.52 bits per heavy atom. The minimum absolute atomic E-state index is 0.0915. The van der Waals surface area contributed by atoms with Crippen molar-refractivity contribution in [2.45, 2.75) is 0 Å². The van der Waals surface area contributed by atoms with Crippen molar-refractivity contribution in [3.05, 3.63) is 64.8 Å². The van der Waals surface area contributed by atoms with E-state index in [4.69, 9.17) is 16.3 Å². The summed E-state index contributed by atoms with van der Waals surface area (Å²) in [6.45, 7) is 0. The first-order valence-electron chi connectivity index (χ1n) is 6.56. The molecule has 21 heavy (non-hydrogen) atoms. The van der Waals surface area contributed by atoms with E-state index in [2.05, 4.69) is 0 Å². The monoisotopic (exact) mass is 299 g/mol. The predicted octanol–water partition coefficient (Wildman–Crippen LogP) is 4.23. The van der Waals surface area contributed by atoms with Crippen LogP contribution >= 0.6 is 11.6 Å². The van der Waals surface area contributed by atoms with Crippen LogP contribution in [0.5, 0.6) is 11.5 Å². The van der Waals surface area contributed by atoms with Gasteiger partial charge in [-0.25, -0.2) is 0 Å². The Labute approximate surface area is 128 Å². The highest BCUT2D eigenvalue weighted by molar-refractivity contribution is 6.34. The third-order valence-electron chi connectivity index (χ3n) is 3.22. The van der Waals surface area contributed by atoms with Gasteiger partial charge in [-0.3, -0.25) is 4.79 Å². The Kier molecular flexibility index (Phi) is 3.43. The van der Waals surface area contributed by atoms with Crippen molar-refractivity contribution in [3.63, 3.8) is 0 Å². The number of benzene rings is 2. The predicted molar refractivity (Wildman–Crippen MR) is 84.0 cm³/mol. The highest BCUT2D eigenvalue weighted by Gasteiger charge is 2.26. The van der Waals surface area contributed by atoms with E-state index in [-0.39, 0.29) is 5.78 Å². The Hall–Kier alpha value is -2.26. The van der Waals surface area contributed by atoms with Crippen LogP contribution in [-0.2, 0) is 0 Å². The van der Waals surface area contributed by atoms with E-state index in [9.17, 15) is 4.79 Å². The highest BCUT2D eigenvalue weighted by atomic mass is 35.5. The molecule has 0 N–H and O–H groups in total. The molecule has 1 aliphatic rings. The van der Waals surface area contributed by atoms with Crippen molar-refractivity contribution in [2.75, 3.05) is 14.1 Å². The lowest BCUT2D eigenvalue weighted by molar-refractivity contribution is 0.105. The number of hydrogen-bond acceptors (Lipinski definition) is 3. The molecule has 0 atom stereocenters. The molecule has 3 rings (SSSR count).